The minimum atomic E-state index is -1.13. The van der Waals surface area contributed by atoms with E-state index in [-0.39, 0.29) is 22.5 Å². The highest BCUT2D eigenvalue weighted by molar-refractivity contribution is 9.10. The Kier molecular flexibility index (Phi) is 5.71. The lowest BCUT2D eigenvalue weighted by atomic mass is 10.1. The van der Waals surface area contributed by atoms with Crippen molar-refractivity contribution in [3.05, 3.63) is 52.0 Å². The molecule has 0 fully saturated rings. The van der Waals surface area contributed by atoms with Gasteiger partial charge in [-0.15, -0.1) is 0 Å². The number of likely N-dealkylation sites (N-methyl/N-ethyl adjacent to an activating group) is 1. The normalized spacial score (nSPS) is 11.2. The predicted octanol–water partition coefficient (Wildman–Crippen LogP) is 3.83. The number of rotatable bonds is 6. The standard InChI is InChI=1S/C18H18BrF2N5O/c1-26(2)7-6-22-18-24-15-12(9-13(20)14(21)16(15)25-18)17(27)23-11-5-3-4-10(19)8-11/h3-5,8-9H,6-7H2,1-2H3,(H,23,27)(H2,22,24,25). The molecule has 0 aliphatic carbocycles. The van der Waals surface area contributed by atoms with E-state index in [1.807, 2.05) is 25.1 Å². The molecule has 0 aliphatic rings. The number of amides is 1. The number of hydrogen-bond donors (Lipinski definition) is 3. The van der Waals surface area contributed by atoms with Crippen LogP contribution in [0.3, 0.4) is 0 Å². The van der Waals surface area contributed by atoms with Crippen LogP contribution in [0.1, 0.15) is 10.4 Å². The first-order valence-corrected chi connectivity index (χ1v) is 8.97. The van der Waals surface area contributed by atoms with Crippen LogP contribution in [-0.2, 0) is 0 Å². The highest BCUT2D eigenvalue weighted by Crippen LogP contribution is 2.25. The molecule has 0 saturated heterocycles. The molecular weight excluding hydrogens is 420 g/mol. The first-order chi connectivity index (χ1) is 12.8. The Hall–Kier alpha value is -2.52. The van der Waals surface area contributed by atoms with Gasteiger partial charge in [-0.2, -0.15) is 0 Å². The van der Waals surface area contributed by atoms with Crippen LogP contribution in [0.15, 0.2) is 34.8 Å². The van der Waals surface area contributed by atoms with Gasteiger partial charge in [-0.1, -0.05) is 22.0 Å². The van der Waals surface area contributed by atoms with Crippen molar-refractivity contribution in [2.75, 3.05) is 37.8 Å². The molecular formula is C18H18BrF2N5O. The zero-order chi connectivity index (χ0) is 19.6. The summed E-state index contributed by atoms with van der Waals surface area (Å²) in [5, 5.41) is 5.67. The summed E-state index contributed by atoms with van der Waals surface area (Å²) in [5.41, 5.74) is 0.406. The summed E-state index contributed by atoms with van der Waals surface area (Å²) in [5.74, 6) is -2.53. The van der Waals surface area contributed by atoms with Crippen LogP contribution in [-0.4, -0.2) is 48.0 Å². The van der Waals surface area contributed by atoms with Crippen LogP contribution in [0.25, 0.3) is 11.0 Å². The van der Waals surface area contributed by atoms with Crippen molar-refractivity contribution in [2.24, 2.45) is 0 Å². The topological polar surface area (TPSA) is 73.1 Å². The van der Waals surface area contributed by atoms with Gasteiger partial charge in [-0.25, -0.2) is 13.8 Å². The predicted molar refractivity (Wildman–Crippen MR) is 105 cm³/mol. The number of hydrogen-bond acceptors (Lipinski definition) is 4. The molecule has 27 heavy (non-hydrogen) atoms. The van der Waals surface area contributed by atoms with Gasteiger partial charge < -0.3 is 20.5 Å². The van der Waals surface area contributed by atoms with E-state index >= 15 is 0 Å². The summed E-state index contributed by atoms with van der Waals surface area (Å²) in [4.78, 5) is 21.5. The molecule has 3 rings (SSSR count). The number of imidazole rings is 1. The third-order valence-electron chi connectivity index (χ3n) is 3.84. The van der Waals surface area contributed by atoms with Crippen molar-refractivity contribution in [2.45, 2.75) is 0 Å². The summed E-state index contributed by atoms with van der Waals surface area (Å²) in [6, 6.07) is 7.83. The zero-order valence-corrected chi connectivity index (χ0v) is 16.3. The smallest absolute Gasteiger partial charge is 0.257 e. The van der Waals surface area contributed by atoms with Gasteiger partial charge in [0.15, 0.2) is 11.6 Å². The summed E-state index contributed by atoms with van der Waals surface area (Å²) >= 11 is 3.32. The number of aromatic nitrogens is 2. The summed E-state index contributed by atoms with van der Waals surface area (Å²) in [6.07, 6.45) is 0. The second kappa shape index (κ2) is 8.01. The largest absolute Gasteiger partial charge is 0.355 e. The number of H-pyrrole nitrogens is 1. The lowest BCUT2D eigenvalue weighted by Gasteiger charge is -2.09. The van der Waals surface area contributed by atoms with Gasteiger partial charge in [0.05, 0.1) is 11.1 Å². The van der Waals surface area contributed by atoms with Gasteiger partial charge in [0.2, 0.25) is 5.95 Å². The zero-order valence-electron chi connectivity index (χ0n) is 14.7. The van der Waals surface area contributed by atoms with E-state index in [0.29, 0.717) is 12.2 Å². The number of fused-ring (bicyclic) bond motifs is 1. The van der Waals surface area contributed by atoms with Crippen molar-refractivity contribution in [1.82, 2.24) is 14.9 Å². The van der Waals surface area contributed by atoms with Crippen LogP contribution >= 0.6 is 15.9 Å². The molecule has 9 heteroatoms. The Labute approximate surface area is 163 Å². The van der Waals surface area contributed by atoms with Crippen LogP contribution < -0.4 is 10.6 Å². The minimum Gasteiger partial charge on any atom is -0.355 e. The SMILES string of the molecule is CN(C)CCNc1nc2c(F)c(F)cc(C(=O)Nc3cccc(Br)c3)c2[nH]1. The van der Waals surface area contributed by atoms with E-state index in [1.165, 1.54) is 0 Å². The Morgan fingerprint density at radius 1 is 1.30 bits per heavy atom. The quantitative estimate of drug-likeness (QED) is 0.547. The molecule has 0 atom stereocenters. The Morgan fingerprint density at radius 2 is 2.07 bits per heavy atom. The molecule has 0 bridgehead atoms. The highest BCUT2D eigenvalue weighted by atomic mass is 79.9. The van der Waals surface area contributed by atoms with E-state index in [1.54, 1.807) is 18.2 Å². The summed E-state index contributed by atoms with van der Waals surface area (Å²) < 4.78 is 28.9. The van der Waals surface area contributed by atoms with E-state index in [0.717, 1.165) is 17.1 Å². The molecule has 0 aliphatic heterocycles. The average Bonchev–Trinajstić information content (AvgIpc) is 3.02. The Morgan fingerprint density at radius 3 is 2.78 bits per heavy atom. The van der Waals surface area contributed by atoms with Gasteiger partial charge in [0.1, 0.15) is 5.52 Å². The minimum absolute atomic E-state index is 0.0305. The summed E-state index contributed by atoms with van der Waals surface area (Å²) in [7, 11) is 3.83. The molecule has 142 valence electrons. The molecule has 3 aromatic rings. The first kappa shape index (κ1) is 19.2. The number of aromatic amines is 1. The molecule has 0 saturated carbocycles. The molecule has 2 aromatic carbocycles. The molecule has 0 unspecified atom stereocenters. The number of nitrogens with one attached hydrogen (secondary N) is 3. The second-order valence-corrected chi connectivity index (χ2v) is 7.14. The maximum Gasteiger partial charge on any atom is 0.257 e. The molecule has 3 N–H and O–H groups in total. The third kappa shape index (κ3) is 4.42. The van der Waals surface area contributed by atoms with E-state index in [2.05, 4.69) is 36.5 Å². The summed E-state index contributed by atoms with van der Waals surface area (Å²) in [6.45, 7) is 1.28. The van der Waals surface area contributed by atoms with Gasteiger partial charge in [0.25, 0.3) is 5.91 Å². The van der Waals surface area contributed by atoms with Crippen LogP contribution in [0.4, 0.5) is 20.4 Å². The number of benzene rings is 2. The lowest BCUT2D eigenvalue weighted by Crippen LogP contribution is -2.21. The molecule has 6 nitrogen and oxygen atoms in total. The molecule has 1 heterocycles. The number of nitrogens with zero attached hydrogens (tertiary/aromatic N) is 2. The molecule has 0 radical (unpaired) electrons. The number of anilines is 2. The van der Waals surface area contributed by atoms with Crippen molar-refractivity contribution in [1.29, 1.82) is 0 Å². The van der Waals surface area contributed by atoms with Gasteiger partial charge >= 0.3 is 0 Å². The van der Waals surface area contributed by atoms with Crippen LogP contribution in [0.2, 0.25) is 0 Å². The molecule has 0 spiro atoms. The van der Waals surface area contributed by atoms with Crippen molar-refractivity contribution < 1.29 is 13.6 Å². The fraction of sp³-hybridized carbons (Fsp3) is 0.222. The number of carbonyl (C=O) groups is 1. The van der Waals surface area contributed by atoms with Crippen LogP contribution in [0.5, 0.6) is 0 Å². The van der Waals surface area contributed by atoms with Gasteiger partial charge in [-0.3, -0.25) is 4.79 Å². The number of halogens is 3. The molecule has 1 aromatic heterocycles. The average molecular weight is 438 g/mol. The van der Waals surface area contributed by atoms with Crippen molar-refractivity contribution in [3.63, 3.8) is 0 Å². The van der Waals surface area contributed by atoms with E-state index in [4.69, 9.17) is 0 Å². The second-order valence-electron chi connectivity index (χ2n) is 6.22. The fourth-order valence-corrected chi connectivity index (χ4v) is 2.93. The Bertz CT molecular complexity index is 989. The number of carbonyl (C=O) groups excluding carboxylic acids is 1. The fourth-order valence-electron chi connectivity index (χ4n) is 2.53. The highest BCUT2D eigenvalue weighted by Gasteiger charge is 2.21. The van der Waals surface area contributed by atoms with Crippen LogP contribution in [0, 0.1) is 11.6 Å². The van der Waals surface area contributed by atoms with E-state index < -0.39 is 17.5 Å². The Balaban J connectivity index is 1.93. The van der Waals surface area contributed by atoms with Gasteiger partial charge in [-0.05, 0) is 38.4 Å². The third-order valence-corrected chi connectivity index (χ3v) is 4.33. The first-order valence-electron chi connectivity index (χ1n) is 8.18. The van der Waals surface area contributed by atoms with E-state index in [9.17, 15) is 13.6 Å². The monoisotopic (exact) mass is 437 g/mol. The molecule has 1 amide bonds. The van der Waals surface area contributed by atoms with Crippen molar-refractivity contribution >= 4 is 44.5 Å². The van der Waals surface area contributed by atoms with Gasteiger partial charge in [0, 0.05) is 23.2 Å². The lowest BCUT2D eigenvalue weighted by molar-refractivity contribution is 0.102. The maximum absolute atomic E-state index is 14.2. The maximum atomic E-state index is 14.2. The van der Waals surface area contributed by atoms with Crippen molar-refractivity contribution in [3.8, 4) is 0 Å².